The van der Waals surface area contributed by atoms with Crippen LogP contribution in [-0.2, 0) is 19.4 Å². The molecule has 3 N–H and O–H groups in total. The molecule has 0 atom stereocenters. The van der Waals surface area contributed by atoms with Crippen molar-refractivity contribution in [2.24, 2.45) is 0 Å². The molecule has 0 fully saturated rings. The summed E-state index contributed by atoms with van der Waals surface area (Å²) >= 11 is 5.24. The zero-order chi connectivity index (χ0) is 20.4. The summed E-state index contributed by atoms with van der Waals surface area (Å²) in [5.41, 5.74) is 8.20. The second kappa shape index (κ2) is 8.00. The van der Waals surface area contributed by atoms with E-state index < -0.39 is 0 Å². The van der Waals surface area contributed by atoms with Gasteiger partial charge < -0.3 is 5.32 Å². The summed E-state index contributed by atoms with van der Waals surface area (Å²) in [4.78, 5) is 29.6. The third kappa shape index (κ3) is 3.97. The molecule has 0 saturated heterocycles. The van der Waals surface area contributed by atoms with Gasteiger partial charge in [-0.15, -0.1) is 0 Å². The standard InChI is InChI=1S/C21H21N5O2S/c1-2-13-5-3-6-15(11-13)22-21(29)25-24-19(27)14-8-9-16-17(12-14)23-18-7-4-10-26(18)20(16)28/h3,5-6,8-9,11-12H,2,4,7,10H2,1H3,(H,24,27)(H2,22,25,29). The molecule has 0 radical (unpaired) electrons. The normalized spacial score (nSPS) is 12.4. The maximum atomic E-state index is 12.5. The Hall–Kier alpha value is -3.26. The molecule has 148 valence electrons. The predicted molar refractivity (Wildman–Crippen MR) is 117 cm³/mol. The van der Waals surface area contributed by atoms with Gasteiger partial charge in [0.1, 0.15) is 5.82 Å². The summed E-state index contributed by atoms with van der Waals surface area (Å²) < 4.78 is 1.71. The minimum absolute atomic E-state index is 0.0488. The van der Waals surface area contributed by atoms with Crippen molar-refractivity contribution in [2.75, 3.05) is 5.32 Å². The lowest BCUT2D eigenvalue weighted by Crippen LogP contribution is -2.43. The Morgan fingerprint density at radius 1 is 1.21 bits per heavy atom. The van der Waals surface area contributed by atoms with Gasteiger partial charge in [-0.25, -0.2) is 4.98 Å². The molecule has 0 bridgehead atoms. The van der Waals surface area contributed by atoms with Crippen molar-refractivity contribution in [1.29, 1.82) is 0 Å². The molecule has 0 spiro atoms. The fraction of sp³-hybridized carbons (Fsp3) is 0.238. The lowest BCUT2D eigenvalue weighted by Gasteiger charge is -2.12. The number of hydrogen-bond acceptors (Lipinski definition) is 4. The number of rotatable bonds is 3. The first-order chi connectivity index (χ1) is 14.0. The fourth-order valence-electron chi connectivity index (χ4n) is 3.44. The number of aromatic nitrogens is 2. The van der Waals surface area contributed by atoms with E-state index in [4.69, 9.17) is 12.2 Å². The van der Waals surface area contributed by atoms with Crippen LogP contribution < -0.4 is 21.7 Å². The number of aryl methyl sites for hydroxylation is 2. The molecule has 4 rings (SSSR count). The lowest BCUT2D eigenvalue weighted by molar-refractivity contribution is 0.0944. The minimum atomic E-state index is -0.360. The zero-order valence-corrected chi connectivity index (χ0v) is 16.8. The largest absolute Gasteiger partial charge is 0.331 e. The molecule has 1 aliphatic rings. The first-order valence-corrected chi connectivity index (χ1v) is 9.95. The molecular formula is C21H21N5O2S. The van der Waals surface area contributed by atoms with Crippen LogP contribution in [0.1, 0.15) is 35.1 Å². The van der Waals surface area contributed by atoms with Crippen LogP contribution in [0.25, 0.3) is 10.9 Å². The molecule has 1 aliphatic heterocycles. The Labute approximate surface area is 173 Å². The highest BCUT2D eigenvalue weighted by molar-refractivity contribution is 7.80. The number of carbonyl (C=O) groups excluding carboxylic acids is 1. The molecule has 0 unspecified atom stereocenters. The number of fused-ring (bicyclic) bond motifs is 2. The van der Waals surface area contributed by atoms with Crippen molar-refractivity contribution in [3.8, 4) is 0 Å². The van der Waals surface area contributed by atoms with Crippen molar-refractivity contribution >= 4 is 39.8 Å². The molecule has 3 aromatic rings. The SMILES string of the molecule is CCc1cccc(NC(=S)NNC(=O)c2ccc3c(=O)n4c(nc3c2)CCC4)c1. The van der Waals surface area contributed by atoms with Gasteiger partial charge in [-0.3, -0.25) is 25.0 Å². The summed E-state index contributed by atoms with van der Waals surface area (Å²) in [5, 5.41) is 3.84. The van der Waals surface area contributed by atoms with Gasteiger partial charge >= 0.3 is 0 Å². The Morgan fingerprint density at radius 3 is 2.90 bits per heavy atom. The van der Waals surface area contributed by atoms with E-state index in [1.54, 1.807) is 22.8 Å². The van der Waals surface area contributed by atoms with Crippen LogP contribution in [0.2, 0.25) is 0 Å². The van der Waals surface area contributed by atoms with Crippen molar-refractivity contribution in [3.05, 3.63) is 69.8 Å². The molecule has 29 heavy (non-hydrogen) atoms. The number of amides is 1. The van der Waals surface area contributed by atoms with E-state index >= 15 is 0 Å². The summed E-state index contributed by atoms with van der Waals surface area (Å²) in [5.74, 6) is 0.415. The zero-order valence-electron chi connectivity index (χ0n) is 16.0. The lowest BCUT2D eigenvalue weighted by atomic mass is 10.1. The van der Waals surface area contributed by atoms with Gasteiger partial charge in [0.25, 0.3) is 11.5 Å². The van der Waals surface area contributed by atoms with Gasteiger partial charge in [0, 0.05) is 24.2 Å². The minimum Gasteiger partial charge on any atom is -0.331 e. The van der Waals surface area contributed by atoms with Crippen LogP contribution in [-0.4, -0.2) is 20.6 Å². The van der Waals surface area contributed by atoms with Gasteiger partial charge in [-0.1, -0.05) is 19.1 Å². The monoisotopic (exact) mass is 407 g/mol. The summed E-state index contributed by atoms with van der Waals surface area (Å²) in [6.45, 7) is 2.78. The number of nitrogens with zero attached hydrogens (tertiary/aromatic N) is 2. The Bertz CT molecular complexity index is 1170. The van der Waals surface area contributed by atoms with Crippen molar-refractivity contribution in [2.45, 2.75) is 32.7 Å². The summed E-state index contributed by atoms with van der Waals surface area (Å²) in [6.07, 6.45) is 2.62. The number of hydrazine groups is 1. The van der Waals surface area contributed by atoms with Crippen LogP contribution in [0.3, 0.4) is 0 Å². The van der Waals surface area contributed by atoms with Gasteiger partial charge in [-0.05, 0) is 61.0 Å². The number of anilines is 1. The fourth-order valence-corrected chi connectivity index (χ4v) is 3.61. The predicted octanol–water partition coefficient (Wildman–Crippen LogP) is 2.54. The van der Waals surface area contributed by atoms with E-state index in [1.165, 1.54) is 5.56 Å². The maximum Gasteiger partial charge on any atom is 0.269 e. The van der Waals surface area contributed by atoms with E-state index in [9.17, 15) is 9.59 Å². The number of thiocarbonyl (C=S) groups is 1. The molecule has 1 aromatic heterocycles. The summed E-state index contributed by atoms with van der Waals surface area (Å²) in [6, 6.07) is 12.8. The van der Waals surface area contributed by atoms with E-state index in [1.807, 2.05) is 24.3 Å². The quantitative estimate of drug-likeness (QED) is 0.457. The smallest absolute Gasteiger partial charge is 0.269 e. The highest BCUT2D eigenvalue weighted by Gasteiger charge is 2.17. The van der Waals surface area contributed by atoms with E-state index in [-0.39, 0.29) is 16.6 Å². The third-order valence-corrected chi connectivity index (χ3v) is 5.17. The molecule has 1 amide bonds. The van der Waals surface area contributed by atoms with Crippen LogP contribution >= 0.6 is 12.2 Å². The van der Waals surface area contributed by atoms with Gasteiger partial charge in [0.05, 0.1) is 10.9 Å². The maximum absolute atomic E-state index is 12.5. The molecule has 2 heterocycles. The number of hydrogen-bond donors (Lipinski definition) is 3. The third-order valence-electron chi connectivity index (χ3n) is 4.96. The summed E-state index contributed by atoms with van der Waals surface area (Å²) in [7, 11) is 0. The average molecular weight is 407 g/mol. The molecule has 0 saturated carbocycles. The number of benzene rings is 2. The van der Waals surface area contributed by atoms with Crippen LogP contribution in [0.15, 0.2) is 47.3 Å². The topological polar surface area (TPSA) is 88.0 Å². The highest BCUT2D eigenvalue weighted by Crippen LogP contribution is 2.16. The average Bonchev–Trinajstić information content (AvgIpc) is 3.20. The van der Waals surface area contributed by atoms with E-state index in [2.05, 4.69) is 28.1 Å². The highest BCUT2D eigenvalue weighted by atomic mass is 32.1. The first kappa shape index (κ1) is 19.1. The van der Waals surface area contributed by atoms with Crippen LogP contribution in [0.4, 0.5) is 5.69 Å². The Kier molecular flexibility index (Phi) is 5.26. The molecule has 2 aromatic carbocycles. The second-order valence-corrected chi connectivity index (χ2v) is 7.32. The molecular weight excluding hydrogens is 386 g/mol. The van der Waals surface area contributed by atoms with Crippen LogP contribution in [0, 0.1) is 0 Å². The van der Waals surface area contributed by atoms with Crippen LogP contribution in [0.5, 0.6) is 0 Å². The van der Waals surface area contributed by atoms with Crippen molar-refractivity contribution in [3.63, 3.8) is 0 Å². The van der Waals surface area contributed by atoms with Crippen molar-refractivity contribution < 1.29 is 4.79 Å². The van der Waals surface area contributed by atoms with Gasteiger partial charge in [0.15, 0.2) is 5.11 Å². The van der Waals surface area contributed by atoms with Crippen molar-refractivity contribution in [1.82, 2.24) is 20.4 Å². The number of carbonyl (C=O) groups is 1. The van der Waals surface area contributed by atoms with Gasteiger partial charge in [0.2, 0.25) is 0 Å². The Morgan fingerprint density at radius 2 is 2.07 bits per heavy atom. The van der Waals surface area contributed by atoms with E-state index in [0.717, 1.165) is 30.8 Å². The van der Waals surface area contributed by atoms with Gasteiger partial charge in [-0.2, -0.15) is 0 Å². The second-order valence-electron chi connectivity index (χ2n) is 6.91. The first-order valence-electron chi connectivity index (χ1n) is 9.55. The molecule has 8 heteroatoms. The molecule has 0 aliphatic carbocycles. The Balaban J connectivity index is 1.44. The number of nitrogens with one attached hydrogen (secondary N) is 3. The molecule has 7 nitrogen and oxygen atoms in total. The van der Waals surface area contributed by atoms with E-state index in [0.29, 0.717) is 23.0 Å².